The minimum atomic E-state index is 0.840. The van der Waals surface area contributed by atoms with Gasteiger partial charge in [0.2, 0.25) is 0 Å². The van der Waals surface area contributed by atoms with Gasteiger partial charge in [0.1, 0.15) is 0 Å². The van der Waals surface area contributed by atoms with Gasteiger partial charge >= 0.3 is 0 Å². The zero-order chi connectivity index (χ0) is 14.0. The van der Waals surface area contributed by atoms with Crippen molar-refractivity contribution in [3.8, 4) is 0 Å². The van der Waals surface area contributed by atoms with E-state index in [1.807, 2.05) is 6.07 Å². The molecule has 0 aliphatic carbocycles. The SMILES string of the molecule is Cc1cc(C)c(CNc2ccc(Br)cc2Br)cc1C. The average molecular weight is 383 g/mol. The Morgan fingerprint density at radius 1 is 0.895 bits per heavy atom. The zero-order valence-corrected chi connectivity index (χ0v) is 14.5. The van der Waals surface area contributed by atoms with Gasteiger partial charge in [0.15, 0.2) is 0 Å². The predicted molar refractivity (Wildman–Crippen MR) is 89.8 cm³/mol. The van der Waals surface area contributed by atoms with Crippen LogP contribution in [0.25, 0.3) is 0 Å². The molecular weight excluding hydrogens is 366 g/mol. The lowest BCUT2D eigenvalue weighted by atomic mass is 10.0. The lowest BCUT2D eigenvalue weighted by Gasteiger charge is -2.13. The van der Waals surface area contributed by atoms with Crippen LogP contribution in [-0.4, -0.2) is 0 Å². The fourth-order valence-corrected chi connectivity index (χ4v) is 3.22. The maximum Gasteiger partial charge on any atom is 0.0488 e. The number of rotatable bonds is 3. The van der Waals surface area contributed by atoms with E-state index in [2.05, 4.69) is 82.2 Å². The van der Waals surface area contributed by atoms with E-state index in [9.17, 15) is 0 Å². The molecule has 2 aromatic carbocycles. The van der Waals surface area contributed by atoms with Crippen LogP contribution in [0.3, 0.4) is 0 Å². The third kappa shape index (κ3) is 3.61. The van der Waals surface area contributed by atoms with E-state index < -0.39 is 0 Å². The van der Waals surface area contributed by atoms with Gasteiger partial charge < -0.3 is 5.32 Å². The highest BCUT2D eigenvalue weighted by Crippen LogP contribution is 2.27. The summed E-state index contributed by atoms with van der Waals surface area (Å²) >= 11 is 7.04. The molecule has 0 heterocycles. The molecule has 0 fully saturated rings. The summed E-state index contributed by atoms with van der Waals surface area (Å²) in [5.74, 6) is 0. The number of nitrogens with one attached hydrogen (secondary N) is 1. The van der Waals surface area contributed by atoms with E-state index in [0.29, 0.717) is 0 Å². The van der Waals surface area contributed by atoms with Gasteiger partial charge in [-0.15, -0.1) is 0 Å². The Hall–Kier alpha value is -0.800. The highest BCUT2D eigenvalue weighted by molar-refractivity contribution is 9.11. The molecule has 0 atom stereocenters. The van der Waals surface area contributed by atoms with E-state index in [1.165, 1.54) is 22.3 Å². The van der Waals surface area contributed by atoms with Gasteiger partial charge in [-0.3, -0.25) is 0 Å². The summed E-state index contributed by atoms with van der Waals surface area (Å²) < 4.78 is 2.15. The molecule has 2 rings (SSSR count). The summed E-state index contributed by atoms with van der Waals surface area (Å²) in [6, 6.07) is 10.7. The van der Waals surface area contributed by atoms with Crippen molar-refractivity contribution in [1.29, 1.82) is 0 Å². The third-order valence-corrected chi connectivity index (χ3v) is 4.50. The first-order chi connectivity index (χ1) is 8.97. The lowest BCUT2D eigenvalue weighted by molar-refractivity contribution is 1.10. The Morgan fingerprint density at radius 3 is 2.26 bits per heavy atom. The first-order valence-corrected chi connectivity index (χ1v) is 7.81. The van der Waals surface area contributed by atoms with E-state index in [1.54, 1.807) is 0 Å². The van der Waals surface area contributed by atoms with Crippen LogP contribution in [0, 0.1) is 20.8 Å². The Bertz CT molecular complexity index is 606. The van der Waals surface area contributed by atoms with E-state index in [4.69, 9.17) is 0 Å². The van der Waals surface area contributed by atoms with Gasteiger partial charge in [-0.1, -0.05) is 28.1 Å². The maximum absolute atomic E-state index is 3.57. The van der Waals surface area contributed by atoms with Crippen LogP contribution in [0.5, 0.6) is 0 Å². The highest BCUT2D eigenvalue weighted by atomic mass is 79.9. The van der Waals surface area contributed by atoms with Gasteiger partial charge in [0, 0.05) is 21.2 Å². The molecule has 0 aliphatic heterocycles. The molecule has 19 heavy (non-hydrogen) atoms. The number of hydrogen-bond donors (Lipinski definition) is 1. The number of hydrogen-bond acceptors (Lipinski definition) is 1. The van der Waals surface area contributed by atoms with Gasteiger partial charge in [-0.05, 0) is 77.2 Å². The second kappa shape index (κ2) is 6.10. The maximum atomic E-state index is 3.57. The highest BCUT2D eigenvalue weighted by Gasteiger charge is 2.04. The van der Waals surface area contributed by atoms with Gasteiger partial charge in [-0.25, -0.2) is 0 Å². The minimum absolute atomic E-state index is 0.840. The first-order valence-electron chi connectivity index (χ1n) is 6.23. The molecule has 1 nitrogen and oxygen atoms in total. The monoisotopic (exact) mass is 381 g/mol. The molecule has 0 saturated carbocycles. The summed E-state index contributed by atoms with van der Waals surface area (Å²) in [7, 11) is 0. The van der Waals surface area contributed by atoms with Crippen LogP contribution < -0.4 is 5.32 Å². The van der Waals surface area contributed by atoms with E-state index in [0.717, 1.165) is 21.2 Å². The van der Waals surface area contributed by atoms with Crippen molar-refractivity contribution in [2.24, 2.45) is 0 Å². The van der Waals surface area contributed by atoms with Crippen molar-refractivity contribution in [2.45, 2.75) is 27.3 Å². The van der Waals surface area contributed by atoms with Crippen molar-refractivity contribution in [3.63, 3.8) is 0 Å². The molecule has 2 aromatic rings. The molecular formula is C16H17Br2N. The van der Waals surface area contributed by atoms with Gasteiger partial charge in [0.25, 0.3) is 0 Å². The van der Waals surface area contributed by atoms with Crippen LogP contribution in [-0.2, 0) is 6.54 Å². The fourth-order valence-electron chi connectivity index (χ4n) is 2.03. The molecule has 0 spiro atoms. The lowest BCUT2D eigenvalue weighted by Crippen LogP contribution is -2.03. The largest absolute Gasteiger partial charge is 0.380 e. The van der Waals surface area contributed by atoms with Gasteiger partial charge in [0.05, 0.1) is 0 Å². The average Bonchev–Trinajstić information content (AvgIpc) is 2.34. The molecule has 0 radical (unpaired) electrons. The van der Waals surface area contributed by atoms with Crippen molar-refractivity contribution in [2.75, 3.05) is 5.32 Å². The summed E-state index contributed by atoms with van der Waals surface area (Å²) in [6.07, 6.45) is 0. The van der Waals surface area contributed by atoms with Crippen molar-refractivity contribution < 1.29 is 0 Å². The Balaban J connectivity index is 2.16. The second-order valence-corrected chi connectivity index (χ2v) is 6.61. The summed E-state index contributed by atoms with van der Waals surface area (Å²) in [6.45, 7) is 7.33. The van der Waals surface area contributed by atoms with Crippen LogP contribution in [0.2, 0.25) is 0 Å². The van der Waals surface area contributed by atoms with Crippen LogP contribution in [0.4, 0.5) is 5.69 Å². The molecule has 0 amide bonds. The van der Waals surface area contributed by atoms with Gasteiger partial charge in [-0.2, -0.15) is 0 Å². The van der Waals surface area contributed by atoms with Crippen molar-refractivity contribution in [3.05, 3.63) is 61.5 Å². The quantitative estimate of drug-likeness (QED) is 0.712. The molecule has 0 aliphatic rings. The summed E-state index contributed by atoms with van der Waals surface area (Å²) in [4.78, 5) is 0. The Morgan fingerprint density at radius 2 is 1.58 bits per heavy atom. The fraction of sp³-hybridized carbons (Fsp3) is 0.250. The van der Waals surface area contributed by atoms with Crippen molar-refractivity contribution >= 4 is 37.5 Å². The number of aryl methyl sites for hydroxylation is 3. The zero-order valence-electron chi connectivity index (χ0n) is 11.3. The number of benzene rings is 2. The topological polar surface area (TPSA) is 12.0 Å². The second-order valence-electron chi connectivity index (χ2n) is 4.84. The molecule has 0 unspecified atom stereocenters. The predicted octanol–water partition coefficient (Wildman–Crippen LogP) is 5.75. The number of halogens is 2. The molecule has 0 bridgehead atoms. The Labute approximate surface area is 131 Å². The normalized spacial score (nSPS) is 10.6. The Kier molecular flexibility index (Phi) is 4.69. The molecule has 0 saturated heterocycles. The molecule has 1 N–H and O–H groups in total. The molecule has 0 aromatic heterocycles. The summed E-state index contributed by atoms with van der Waals surface area (Å²) in [5, 5.41) is 3.48. The van der Waals surface area contributed by atoms with E-state index in [-0.39, 0.29) is 0 Å². The standard InChI is InChI=1S/C16H17Br2N/c1-10-6-12(3)13(7-11(10)2)9-19-16-5-4-14(17)8-15(16)18/h4-8,19H,9H2,1-3H3. The molecule has 100 valence electrons. The minimum Gasteiger partial charge on any atom is -0.380 e. The van der Waals surface area contributed by atoms with Crippen molar-refractivity contribution in [1.82, 2.24) is 0 Å². The smallest absolute Gasteiger partial charge is 0.0488 e. The molecule has 3 heteroatoms. The number of anilines is 1. The van der Waals surface area contributed by atoms with Crippen LogP contribution in [0.1, 0.15) is 22.3 Å². The van der Waals surface area contributed by atoms with Crippen LogP contribution >= 0.6 is 31.9 Å². The third-order valence-electron chi connectivity index (χ3n) is 3.35. The summed E-state index contributed by atoms with van der Waals surface area (Å²) in [5.41, 5.74) is 6.49. The van der Waals surface area contributed by atoms with Crippen LogP contribution in [0.15, 0.2) is 39.3 Å². The van der Waals surface area contributed by atoms with E-state index >= 15 is 0 Å². The first kappa shape index (κ1) is 14.6.